The molecule has 5 nitrogen and oxygen atoms in total. The number of hydrogen-bond donors (Lipinski definition) is 1. The molecule has 1 N–H and O–H groups in total. The summed E-state index contributed by atoms with van der Waals surface area (Å²) in [6.45, 7) is 1.78. The van der Waals surface area contributed by atoms with E-state index in [2.05, 4.69) is 10.4 Å². The smallest absolute Gasteiger partial charge is 0.257 e. The highest BCUT2D eigenvalue weighted by molar-refractivity contribution is 6.35. The molecule has 1 fully saturated rings. The third-order valence-corrected chi connectivity index (χ3v) is 4.43. The summed E-state index contributed by atoms with van der Waals surface area (Å²) in [5.41, 5.74) is 1.23. The van der Waals surface area contributed by atoms with E-state index in [1.165, 1.54) is 0 Å². The van der Waals surface area contributed by atoms with Crippen LogP contribution in [-0.4, -0.2) is 46.8 Å². The summed E-state index contributed by atoms with van der Waals surface area (Å²) in [6, 6.07) is 5.39. The van der Waals surface area contributed by atoms with Crippen LogP contribution >= 0.6 is 35.6 Å². The van der Waals surface area contributed by atoms with Crippen molar-refractivity contribution >= 4 is 41.5 Å². The molecule has 0 spiro atoms. The van der Waals surface area contributed by atoms with Gasteiger partial charge in [-0.05, 0) is 31.2 Å². The van der Waals surface area contributed by atoms with Crippen molar-refractivity contribution in [3.63, 3.8) is 0 Å². The van der Waals surface area contributed by atoms with Gasteiger partial charge < -0.3 is 10.2 Å². The lowest BCUT2D eigenvalue weighted by atomic mass is 10.2. The molecule has 23 heavy (non-hydrogen) atoms. The number of amides is 1. The van der Waals surface area contributed by atoms with Crippen LogP contribution in [-0.2, 0) is 0 Å². The van der Waals surface area contributed by atoms with E-state index in [-0.39, 0.29) is 24.4 Å². The molecule has 0 bridgehead atoms. The fourth-order valence-electron chi connectivity index (χ4n) is 2.57. The number of aromatic nitrogens is 2. The van der Waals surface area contributed by atoms with Gasteiger partial charge in [-0.1, -0.05) is 23.2 Å². The maximum atomic E-state index is 12.5. The van der Waals surface area contributed by atoms with Gasteiger partial charge in [-0.2, -0.15) is 5.10 Å². The lowest BCUT2D eigenvalue weighted by Crippen LogP contribution is -2.38. The molecule has 1 amide bonds. The van der Waals surface area contributed by atoms with Crippen LogP contribution in [0, 0.1) is 0 Å². The highest BCUT2D eigenvalue weighted by Crippen LogP contribution is 2.24. The molecule has 2 aromatic rings. The highest BCUT2D eigenvalue weighted by Gasteiger charge is 2.25. The van der Waals surface area contributed by atoms with Crippen molar-refractivity contribution in [2.24, 2.45) is 0 Å². The third-order valence-electron chi connectivity index (χ3n) is 3.89. The van der Waals surface area contributed by atoms with Gasteiger partial charge in [0.05, 0.1) is 22.5 Å². The first-order chi connectivity index (χ1) is 10.6. The zero-order chi connectivity index (χ0) is 15.7. The number of likely N-dealkylation sites (N-methyl/N-ethyl adjacent to an activating group) is 1. The molecule has 2 heterocycles. The lowest BCUT2D eigenvalue weighted by Gasteiger charge is -2.22. The number of halogens is 3. The predicted molar refractivity (Wildman–Crippen MR) is 94.2 cm³/mol. The maximum absolute atomic E-state index is 12.5. The van der Waals surface area contributed by atoms with Gasteiger partial charge in [-0.25, -0.2) is 4.68 Å². The first-order valence-corrected chi connectivity index (χ1v) is 7.80. The second-order valence-electron chi connectivity index (χ2n) is 5.33. The molecule has 1 atom stereocenters. The minimum Gasteiger partial charge on any atom is -0.337 e. The quantitative estimate of drug-likeness (QED) is 0.897. The van der Waals surface area contributed by atoms with E-state index >= 15 is 0 Å². The van der Waals surface area contributed by atoms with E-state index in [1.807, 2.05) is 7.05 Å². The summed E-state index contributed by atoms with van der Waals surface area (Å²) in [6.07, 6.45) is 4.22. The molecule has 0 aliphatic carbocycles. The molecular formula is C15H17Cl3N4O. The molecular weight excluding hydrogens is 359 g/mol. The van der Waals surface area contributed by atoms with Crippen LogP contribution in [0.25, 0.3) is 5.69 Å². The molecule has 8 heteroatoms. The van der Waals surface area contributed by atoms with Crippen molar-refractivity contribution in [2.75, 3.05) is 20.1 Å². The van der Waals surface area contributed by atoms with E-state index in [9.17, 15) is 4.79 Å². The minimum atomic E-state index is -0.0370. The topological polar surface area (TPSA) is 50.2 Å². The Bertz CT molecular complexity index is 698. The minimum absolute atomic E-state index is 0. The molecule has 1 aliphatic rings. The third kappa shape index (κ3) is 3.80. The van der Waals surface area contributed by atoms with Crippen LogP contribution in [0.5, 0.6) is 0 Å². The molecule has 3 rings (SSSR count). The molecule has 0 saturated carbocycles. The second-order valence-corrected chi connectivity index (χ2v) is 6.18. The highest BCUT2D eigenvalue weighted by atomic mass is 35.5. The first-order valence-electron chi connectivity index (χ1n) is 7.04. The van der Waals surface area contributed by atoms with Gasteiger partial charge in [0, 0.05) is 30.9 Å². The SMILES string of the molecule is CN(C(=O)c1cnn(-c2ccc(Cl)cc2Cl)c1)C1CCNC1.Cl. The summed E-state index contributed by atoms with van der Waals surface area (Å²) < 4.78 is 1.59. The van der Waals surface area contributed by atoms with E-state index in [0.717, 1.165) is 19.5 Å². The van der Waals surface area contributed by atoms with Crippen molar-refractivity contribution in [1.29, 1.82) is 0 Å². The van der Waals surface area contributed by atoms with Crippen molar-refractivity contribution in [3.8, 4) is 5.69 Å². The van der Waals surface area contributed by atoms with E-state index < -0.39 is 0 Å². The van der Waals surface area contributed by atoms with Gasteiger partial charge in [0.1, 0.15) is 0 Å². The van der Waals surface area contributed by atoms with Crippen LogP contribution in [0.15, 0.2) is 30.6 Å². The molecule has 1 aliphatic heterocycles. The van der Waals surface area contributed by atoms with Gasteiger partial charge in [-0.15, -0.1) is 12.4 Å². The number of rotatable bonds is 3. The molecule has 1 unspecified atom stereocenters. The van der Waals surface area contributed by atoms with Crippen molar-refractivity contribution in [1.82, 2.24) is 20.0 Å². The van der Waals surface area contributed by atoms with E-state index in [0.29, 0.717) is 21.3 Å². The number of hydrogen-bond acceptors (Lipinski definition) is 3. The normalized spacial score (nSPS) is 16.9. The lowest BCUT2D eigenvalue weighted by molar-refractivity contribution is 0.0744. The average molecular weight is 376 g/mol. The maximum Gasteiger partial charge on any atom is 0.257 e. The number of benzene rings is 1. The van der Waals surface area contributed by atoms with Gasteiger partial charge in [0.15, 0.2) is 0 Å². The zero-order valence-corrected chi connectivity index (χ0v) is 14.8. The number of nitrogens with zero attached hydrogens (tertiary/aromatic N) is 3. The van der Waals surface area contributed by atoms with Crippen LogP contribution in [0.4, 0.5) is 0 Å². The fourth-order valence-corrected chi connectivity index (χ4v) is 3.07. The Morgan fingerprint density at radius 3 is 2.87 bits per heavy atom. The molecule has 0 radical (unpaired) electrons. The van der Waals surface area contributed by atoms with Gasteiger partial charge in [0.25, 0.3) is 5.91 Å². The van der Waals surface area contributed by atoms with Gasteiger partial charge in [0.2, 0.25) is 0 Å². The molecule has 1 aromatic heterocycles. The Hall–Kier alpha value is -1.27. The standard InChI is InChI=1S/C15H16Cl2N4O.ClH/c1-20(12-4-5-18-8-12)15(22)10-7-19-21(9-10)14-3-2-11(16)6-13(14)17;/h2-3,6-7,9,12,18H,4-5,8H2,1H3;1H. The largest absolute Gasteiger partial charge is 0.337 e. The van der Waals surface area contributed by atoms with Gasteiger partial charge in [-0.3, -0.25) is 4.79 Å². The van der Waals surface area contributed by atoms with Gasteiger partial charge >= 0.3 is 0 Å². The van der Waals surface area contributed by atoms with E-state index in [4.69, 9.17) is 23.2 Å². The van der Waals surface area contributed by atoms with Crippen LogP contribution in [0.2, 0.25) is 10.0 Å². The summed E-state index contributed by atoms with van der Waals surface area (Å²) in [7, 11) is 1.83. The average Bonchev–Trinajstić information content (AvgIpc) is 3.17. The first kappa shape index (κ1) is 18.1. The number of nitrogens with one attached hydrogen (secondary N) is 1. The number of carbonyl (C=O) groups excluding carboxylic acids is 1. The molecule has 1 saturated heterocycles. The zero-order valence-electron chi connectivity index (χ0n) is 12.5. The Labute approximate surface area is 151 Å². The number of carbonyl (C=O) groups is 1. The van der Waals surface area contributed by atoms with Crippen molar-refractivity contribution < 1.29 is 4.79 Å². The Morgan fingerprint density at radius 2 is 2.22 bits per heavy atom. The fraction of sp³-hybridized carbons (Fsp3) is 0.333. The monoisotopic (exact) mass is 374 g/mol. The summed E-state index contributed by atoms with van der Waals surface area (Å²) in [5.74, 6) is -0.0370. The Balaban J connectivity index is 0.00000192. The van der Waals surface area contributed by atoms with Crippen molar-refractivity contribution in [3.05, 3.63) is 46.2 Å². The van der Waals surface area contributed by atoms with Crippen LogP contribution in [0.3, 0.4) is 0 Å². The summed E-state index contributed by atoms with van der Waals surface area (Å²) in [5, 5.41) is 8.54. The van der Waals surface area contributed by atoms with Crippen LogP contribution in [0.1, 0.15) is 16.8 Å². The summed E-state index contributed by atoms with van der Waals surface area (Å²) in [4.78, 5) is 14.3. The molecule has 1 aromatic carbocycles. The summed E-state index contributed by atoms with van der Waals surface area (Å²) >= 11 is 12.1. The van der Waals surface area contributed by atoms with Crippen LogP contribution < -0.4 is 5.32 Å². The van der Waals surface area contributed by atoms with E-state index in [1.54, 1.807) is 40.2 Å². The Kier molecular flexibility index (Phi) is 5.92. The second kappa shape index (κ2) is 7.53. The predicted octanol–water partition coefficient (Wildman–Crippen LogP) is 3.03. The molecule has 124 valence electrons. The van der Waals surface area contributed by atoms with Crippen molar-refractivity contribution in [2.45, 2.75) is 12.5 Å². The Morgan fingerprint density at radius 1 is 1.43 bits per heavy atom.